The molecule has 1 aliphatic heterocycles. The number of hydrogen-bond donors (Lipinski definition) is 2. The molecule has 2 aromatic rings. The highest BCUT2D eigenvalue weighted by atomic mass is 35.5. The maximum absolute atomic E-state index is 12.6. The van der Waals surface area contributed by atoms with Crippen molar-refractivity contribution in [2.24, 2.45) is 0 Å². The zero-order chi connectivity index (χ0) is 18.4. The molecule has 0 unspecified atom stereocenters. The molecule has 1 heterocycles. The maximum Gasteiger partial charge on any atom is 0.238 e. The van der Waals surface area contributed by atoms with Crippen LogP contribution in [0.3, 0.4) is 0 Å². The van der Waals surface area contributed by atoms with Crippen LogP contribution in [0.5, 0.6) is 0 Å². The second-order valence-corrected chi connectivity index (χ2v) is 7.38. The fourth-order valence-corrected chi connectivity index (χ4v) is 3.60. The Balaban J connectivity index is 1.65. The van der Waals surface area contributed by atoms with E-state index in [2.05, 4.69) is 40.7 Å². The number of hydrogen-bond acceptors (Lipinski definition) is 3. The van der Waals surface area contributed by atoms with Crippen molar-refractivity contribution >= 4 is 23.2 Å². The van der Waals surface area contributed by atoms with Crippen LogP contribution in [0, 0.1) is 6.92 Å². The first-order valence-corrected chi connectivity index (χ1v) is 9.53. The molecule has 0 aliphatic carbocycles. The summed E-state index contributed by atoms with van der Waals surface area (Å²) in [5.74, 6) is -0.0150. The Hall–Kier alpha value is -1.88. The van der Waals surface area contributed by atoms with Gasteiger partial charge in [0.25, 0.3) is 0 Å². The highest BCUT2D eigenvalue weighted by Gasteiger charge is 2.20. The summed E-state index contributed by atoms with van der Waals surface area (Å²) >= 11 is 6.00. The van der Waals surface area contributed by atoms with Crippen LogP contribution < -0.4 is 10.6 Å². The summed E-state index contributed by atoms with van der Waals surface area (Å²) in [7, 11) is 0. The molecule has 0 bridgehead atoms. The monoisotopic (exact) mass is 371 g/mol. The van der Waals surface area contributed by atoms with Gasteiger partial charge in [0.2, 0.25) is 5.91 Å². The van der Waals surface area contributed by atoms with Crippen molar-refractivity contribution < 1.29 is 4.79 Å². The summed E-state index contributed by atoms with van der Waals surface area (Å²) in [6.45, 7) is 5.19. The average Bonchev–Trinajstić information content (AvgIpc) is 3.10. The molecule has 0 spiro atoms. The molecule has 1 atom stereocenters. The van der Waals surface area contributed by atoms with Gasteiger partial charge in [-0.05, 0) is 55.6 Å². The molecule has 1 amide bonds. The van der Waals surface area contributed by atoms with E-state index in [1.54, 1.807) is 12.1 Å². The Morgan fingerprint density at radius 3 is 2.85 bits per heavy atom. The molecule has 0 saturated carbocycles. The fourth-order valence-electron chi connectivity index (χ4n) is 3.41. The van der Waals surface area contributed by atoms with E-state index in [9.17, 15) is 4.79 Å². The normalized spacial score (nSPS) is 16.8. The standard InChI is InChI=1S/C21H26ClN3O/c1-16-6-2-3-7-17(16)13-25(14-20-10-5-11-23-20)15-21(26)24-19-9-4-8-18(22)12-19/h2-4,6-9,12,20,23H,5,10-11,13-15H2,1H3,(H,24,26)/t20-/m0/s1. The highest BCUT2D eigenvalue weighted by Crippen LogP contribution is 2.16. The van der Waals surface area contributed by atoms with Crippen molar-refractivity contribution in [2.75, 3.05) is 25.0 Å². The van der Waals surface area contributed by atoms with Crippen molar-refractivity contribution in [3.8, 4) is 0 Å². The number of carbonyl (C=O) groups is 1. The molecule has 138 valence electrons. The lowest BCUT2D eigenvalue weighted by molar-refractivity contribution is -0.117. The molecule has 4 nitrogen and oxygen atoms in total. The number of amides is 1. The zero-order valence-corrected chi connectivity index (χ0v) is 15.9. The number of nitrogens with one attached hydrogen (secondary N) is 2. The Labute approximate surface area is 160 Å². The van der Waals surface area contributed by atoms with Gasteiger partial charge in [-0.25, -0.2) is 0 Å². The predicted octanol–water partition coefficient (Wildman–Crippen LogP) is 3.84. The molecule has 1 saturated heterocycles. The van der Waals surface area contributed by atoms with Gasteiger partial charge in [0.05, 0.1) is 6.54 Å². The number of benzene rings is 2. The fraction of sp³-hybridized carbons (Fsp3) is 0.381. The summed E-state index contributed by atoms with van der Waals surface area (Å²) < 4.78 is 0. The number of carbonyl (C=O) groups excluding carboxylic acids is 1. The molecule has 0 radical (unpaired) electrons. The Bertz CT molecular complexity index is 744. The van der Waals surface area contributed by atoms with E-state index in [0.29, 0.717) is 17.6 Å². The van der Waals surface area contributed by atoms with Crippen LogP contribution in [-0.4, -0.2) is 36.5 Å². The Kier molecular flexibility index (Phi) is 6.67. The van der Waals surface area contributed by atoms with Crippen molar-refractivity contribution in [1.29, 1.82) is 0 Å². The maximum atomic E-state index is 12.6. The predicted molar refractivity (Wildman–Crippen MR) is 108 cm³/mol. The summed E-state index contributed by atoms with van der Waals surface area (Å²) in [5.41, 5.74) is 3.26. The second-order valence-electron chi connectivity index (χ2n) is 6.95. The Morgan fingerprint density at radius 1 is 1.27 bits per heavy atom. The summed E-state index contributed by atoms with van der Waals surface area (Å²) in [6, 6.07) is 16.1. The molecule has 26 heavy (non-hydrogen) atoms. The van der Waals surface area contributed by atoms with E-state index in [1.807, 2.05) is 18.2 Å². The molecular formula is C21H26ClN3O. The number of nitrogens with zero attached hydrogens (tertiary/aromatic N) is 1. The van der Waals surface area contributed by atoms with Gasteiger partial charge >= 0.3 is 0 Å². The van der Waals surface area contributed by atoms with Crippen LogP contribution in [-0.2, 0) is 11.3 Å². The lowest BCUT2D eigenvalue weighted by Gasteiger charge is -2.26. The van der Waals surface area contributed by atoms with Gasteiger partial charge in [0, 0.05) is 29.8 Å². The van der Waals surface area contributed by atoms with Gasteiger partial charge in [0.1, 0.15) is 0 Å². The second kappa shape index (κ2) is 9.17. The third kappa shape index (κ3) is 5.56. The summed E-state index contributed by atoms with van der Waals surface area (Å²) in [6.07, 6.45) is 2.37. The van der Waals surface area contributed by atoms with E-state index in [4.69, 9.17) is 11.6 Å². The Morgan fingerprint density at radius 2 is 2.12 bits per heavy atom. The minimum atomic E-state index is -0.0150. The van der Waals surface area contributed by atoms with Crippen molar-refractivity contribution in [3.63, 3.8) is 0 Å². The lowest BCUT2D eigenvalue weighted by Crippen LogP contribution is -2.41. The topological polar surface area (TPSA) is 44.4 Å². The van der Waals surface area contributed by atoms with Crippen molar-refractivity contribution in [1.82, 2.24) is 10.2 Å². The van der Waals surface area contributed by atoms with Gasteiger partial charge in [-0.2, -0.15) is 0 Å². The van der Waals surface area contributed by atoms with E-state index in [1.165, 1.54) is 24.0 Å². The summed E-state index contributed by atoms with van der Waals surface area (Å²) in [4.78, 5) is 14.8. The minimum absolute atomic E-state index is 0.0150. The van der Waals surface area contributed by atoms with E-state index in [0.717, 1.165) is 25.3 Å². The molecular weight excluding hydrogens is 346 g/mol. The molecule has 1 aliphatic rings. The van der Waals surface area contributed by atoms with Gasteiger partial charge in [-0.1, -0.05) is 41.9 Å². The van der Waals surface area contributed by atoms with Crippen LogP contribution in [0.15, 0.2) is 48.5 Å². The van der Waals surface area contributed by atoms with Gasteiger partial charge in [0.15, 0.2) is 0 Å². The zero-order valence-electron chi connectivity index (χ0n) is 15.2. The molecule has 2 N–H and O–H groups in total. The third-order valence-electron chi connectivity index (χ3n) is 4.77. The highest BCUT2D eigenvalue weighted by molar-refractivity contribution is 6.30. The SMILES string of the molecule is Cc1ccccc1CN(CC(=O)Nc1cccc(Cl)c1)C[C@@H]1CCCN1. The van der Waals surface area contributed by atoms with E-state index in [-0.39, 0.29) is 5.91 Å². The number of anilines is 1. The number of aryl methyl sites for hydroxylation is 1. The van der Waals surface area contributed by atoms with Gasteiger partial charge in [-0.3, -0.25) is 9.69 Å². The van der Waals surface area contributed by atoms with E-state index >= 15 is 0 Å². The van der Waals surface area contributed by atoms with Crippen molar-refractivity contribution in [2.45, 2.75) is 32.4 Å². The largest absolute Gasteiger partial charge is 0.325 e. The van der Waals surface area contributed by atoms with E-state index < -0.39 is 0 Å². The third-order valence-corrected chi connectivity index (χ3v) is 5.01. The number of halogens is 1. The van der Waals surface area contributed by atoms with Crippen LogP contribution >= 0.6 is 11.6 Å². The molecule has 0 aromatic heterocycles. The van der Waals surface area contributed by atoms with Crippen LogP contribution in [0.1, 0.15) is 24.0 Å². The molecule has 3 rings (SSSR count). The quantitative estimate of drug-likeness (QED) is 0.777. The average molecular weight is 372 g/mol. The lowest BCUT2D eigenvalue weighted by atomic mass is 10.1. The van der Waals surface area contributed by atoms with Crippen molar-refractivity contribution in [3.05, 3.63) is 64.7 Å². The molecule has 1 fully saturated rings. The first kappa shape index (κ1) is 18.9. The first-order chi connectivity index (χ1) is 12.6. The minimum Gasteiger partial charge on any atom is -0.325 e. The van der Waals surface area contributed by atoms with Crippen LogP contribution in [0.25, 0.3) is 0 Å². The van der Waals surface area contributed by atoms with Gasteiger partial charge < -0.3 is 10.6 Å². The van der Waals surface area contributed by atoms with Crippen LogP contribution in [0.2, 0.25) is 5.02 Å². The number of rotatable bonds is 7. The molecule has 5 heteroatoms. The smallest absolute Gasteiger partial charge is 0.238 e. The van der Waals surface area contributed by atoms with Crippen LogP contribution in [0.4, 0.5) is 5.69 Å². The van der Waals surface area contributed by atoms with Gasteiger partial charge in [-0.15, -0.1) is 0 Å². The first-order valence-electron chi connectivity index (χ1n) is 9.16. The summed E-state index contributed by atoms with van der Waals surface area (Å²) in [5, 5.41) is 7.10. The molecule has 2 aromatic carbocycles.